The molecule has 1 saturated heterocycles. The Labute approximate surface area is 141 Å². The molecule has 0 radical (unpaired) electrons. The number of rotatable bonds is 5. The molecule has 1 fully saturated rings. The molecule has 3 rings (SSSR count). The second kappa shape index (κ2) is 7.55. The number of aryl methyl sites for hydroxylation is 1. The second-order valence-electron chi connectivity index (χ2n) is 5.98. The number of ether oxygens (including phenoxy) is 1. The van der Waals surface area contributed by atoms with Gasteiger partial charge in [0.1, 0.15) is 0 Å². The fourth-order valence-electron chi connectivity index (χ4n) is 2.82. The first kappa shape index (κ1) is 16.6. The van der Waals surface area contributed by atoms with Gasteiger partial charge < -0.3 is 9.26 Å². The SMILES string of the molecule is COC(=O)c1ccc(CN2CCN(Cc3nc(C)no3)CC2)cc1. The molecule has 24 heavy (non-hydrogen) atoms. The quantitative estimate of drug-likeness (QED) is 0.769. The topological polar surface area (TPSA) is 71.7 Å². The van der Waals surface area contributed by atoms with Crippen molar-refractivity contribution in [2.45, 2.75) is 20.0 Å². The van der Waals surface area contributed by atoms with Gasteiger partial charge >= 0.3 is 5.97 Å². The zero-order valence-corrected chi connectivity index (χ0v) is 14.1. The van der Waals surface area contributed by atoms with Crippen molar-refractivity contribution in [2.75, 3.05) is 33.3 Å². The van der Waals surface area contributed by atoms with E-state index in [-0.39, 0.29) is 5.97 Å². The van der Waals surface area contributed by atoms with Crippen LogP contribution in [0.5, 0.6) is 0 Å². The van der Waals surface area contributed by atoms with Gasteiger partial charge in [0.25, 0.3) is 0 Å². The minimum absolute atomic E-state index is 0.300. The molecule has 2 heterocycles. The van der Waals surface area contributed by atoms with Crippen molar-refractivity contribution in [1.82, 2.24) is 19.9 Å². The summed E-state index contributed by atoms with van der Waals surface area (Å²) in [6.07, 6.45) is 0. The molecule has 1 aliphatic rings. The van der Waals surface area contributed by atoms with Gasteiger partial charge in [-0.3, -0.25) is 9.80 Å². The summed E-state index contributed by atoms with van der Waals surface area (Å²) < 4.78 is 9.89. The number of hydrogen-bond acceptors (Lipinski definition) is 7. The van der Waals surface area contributed by atoms with E-state index in [1.54, 1.807) is 0 Å². The Morgan fingerprint density at radius 3 is 2.29 bits per heavy atom. The normalized spacial score (nSPS) is 16.2. The van der Waals surface area contributed by atoms with Crippen molar-refractivity contribution in [1.29, 1.82) is 0 Å². The summed E-state index contributed by atoms with van der Waals surface area (Å²) in [5.74, 6) is 1.06. The van der Waals surface area contributed by atoms with Crippen LogP contribution < -0.4 is 0 Å². The van der Waals surface area contributed by atoms with Crippen LogP contribution in [0, 0.1) is 6.92 Å². The number of esters is 1. The van der Waals surface area contributed by atoms with Crippen LogP contribution in [0.1, 0.15) is 27.6 Å². The van der Waals surface area contributed by atoms with Gasteiger partial charge in [-0.15, -0.1) is 0 Å². The second-order valence-corrected chi connectivity index (χ2v) is 5.98. The molecule has 2 aromatic rings. The minimum Gasteiger partial charge on any atom is -0.465 e. The van der Waals surface area contributed by atoms with Gasteiger partial charge in [-0.2, -0.15) is 4.98 Å². The van der Waals surface area contributed by atoms with Gasteiger partial charge in [0.05, 0.1) is 19.2 Å². The third kappa shape index (κ3) is 4.18. The van der Waals surface area contributed by atoms with Crippen LogP contribution in [0.3, 0.4) is 0 Å². The summed E-state index contributed by atoms with van der Waals surface area (Å²) in [5.41, 5.74) is 1.78. The summed E-state index contributed by atoms with van der Waals surface area (Å²) in [6.45, 7) is 7.36. The standard InChI is InChI=1S/C17H22N4O3/c1-13-18-16(24-19-13)12-21-9-7-20(8-10-21)11-14-3-5-15(6-4-14)17(22)23-2/h3-6H,7-12H2,1-2H3. The fourth-order valence-corrected chi connectivity index (χ4v) is 2.82. The number of piperazine rings is 1. The zero-order valence-electron chi connectivity index (χ0n) is 14.1. The lowest BCUT2D eigenvalue weighted by atomic mass is 10.1. The first-order valence-corrected chi connectivity index (χ1v) is 8.05. The maximum atomic E-state index is 11.4. The van der Waals surface area contributed by atoms with Crippen molar-refractivity contribution >= 4 is 5.97 Å². The molecule has 0 saturated carbocycles. The average molecular weight is 330 g/mol. The van der Waals surface area contributed by atoms with E-state index in [1.165, 1.54) is 12.7 Å². The zero-order chi connectivity index (χ0) is 16.9. The first-order valence-electron chi connectivity index (χ1n) is 8.05. The number of carbonyl (C=O) groups is 1. The molecular weight excluding hydrogens is 308 g/mol. The van der Waals surface area contributed by atoms with Crippen LogP contribution in [0.2, 0.25) is 0 Å². The Balaban J connectivity index is 1.47. The van der Waals surface area contributed by atoms with Crippen molar-refractivity contribution in [2.24, 2.45) is 0 Å². The van der Waals surface area contributed by atoms with Gasteiger partial charge in [0, 0.05) is 32.7 Å². The minimum atomic E-state index is -0.300. The van der Waals surface area contributed by atoms with E-state index in [4.69, 9.17) is 9.26 Å². The van der Waals surface area contributed by atoms with Crippen molar-refractivity contribution in [3.63, 3.8) is 0 Å². The number of aromatic nitrogens is 2. The predicted molar refractivity (Wildman–Crippen MR) is 87.4 cm³/mol. The highest BCUT2D eigenvalue weighted by atomic mass is 16.5. The van der Waals surface area contributed by atoms with Gasteiger partial charge in [-0.25, -0.2) is 4.79 Å². The molecule has 1 aliphatic heterocycles. The Morgan fingerprint density at radius 1 is 1.12 bits per heavy atom. The van der Waals surface area contributed by atoms with E-state index in [0.29, 0.717) is 23.8 Å². The van der Waals surface area contributed by atoms with Crippen LogP contribution in [0.4, 0.5) is 0 Å². The molecular formula is C17H22N4O3. The molecule has 0 atom stereocenters. The molecule has 0 bridgehead atoms. The average Bonchev–Trinajstić information content (AvgIpc) is 3.01. The number of carbonyl (C=O) groups excluding carboxylic acids is 1. The highest BCUT2D eigenvalue weighted by Crippen LogP contribution is 2.12. The Hall–Kier alpha value is -2.25. The molecule has 7 nitrogen and oxygen atoms in total. The lowest BCUT2D eigenvalue weighted by molar-refractivity contribution is 0.0600. The van der Waals surface area contributed by atoms with Crippen LogP contribution in [-0.2, 0) is 17.8 Å². The Bertz CT molecular complexity index is 675. The number of nitrogens with zero attached hydrogens (tertiary/aromatic N) is 4. The van der Waals surface area contributed by atoms with Gasteiger partial charge in [-0.05, 0) is 24.6 Å². The summed E-state index contributed by atoms with van der Waals surface area (Å²) in [7, 11) is 1.39. The maximum absolute atomic E-state index is 11.4. The predicted octanol–water partition coefficient (Wildman–Crippen LogP) is 1.48. The van der Waals surface area contributed by atoms with E-state index < -0.39 is 0 Å². The smallest absolute Gasteiger partial charge is 0.337 e. The fraction of sp³-hybridized carbons (Fsp3) is 0.471. The number of methoxy groups -OCH3 is 1. The lowest BCUT2D eigenvalue weighted by Gasteiger charge is -2.33. The molecule has 1 aromatic heterocycles. The largest absolute Gasteiger partial charge is 0.465 e. The lowest BCUT2D eigenvalue weighted by Crippen LogP contribution is -2.45. The molecule has 0 N–H and O–H groups in total. The van der Waals surface area contributed by atoms with Crippen LogP contribution in [0.25, 0.3) is 0 Å². The molecule has 0 aliphatic carbocycles. The van der Waals surface area contributed by atoms with E-state index in [1.807, 2.05) is 31.2 Å². The van der Waals surface area contributed by atoms with E-state index in [9.17, 15) is 4.79 Å². The molecule has 128 valence electrons. The van der Waals surface area contributed by atoms with Crippen LogP contribution >= 0.6 is 0 Å². The number of benzene rings is 1. The summed E-state index contributed by atoms with van der Waals surface area (Å²) in [5, 5.41) is 3.82. The van der Waals surface area contributed by atoms with Gasteiger partial charge in [0.2, 0.25) is 5.89 Å². The molecule has 0 unspecified atom stereocenters. The highest BCUT2D eigenvalue weighted by Gasteiger charge is 2.19. The summed E-state index contributed by atoms with van der Waals surface area (Å²) in [4.78, 5) is 20.4. The summed E-state index contributed by atoms with van der Waals surface area (Å²) in [6, 6.07) is 7.60. The summed E-state index contributed by atoms with van der Waals surface area (Å²) >= 11 is 0. The third-order valence-electron chi connectivity index (χ3n) is 4.17. The molecule has 0 amide bonds. The molecule has 0 spiro atoms. The van der Waals surface area contributed by atoms with Gasteiger partial charge in [-0.1, -0.05) is 17.3 Å². The van der Waals surface area contributed by atoms with Gasteiger partial charge in [0.15, 0.2) is 5.82 Å². The number of hydrogen-bond donors (Lipinski definition) is 0. The first-order chi connectivity index (χ1) is 11.6. The Morgan fingerprint density at radius 2 is 1.75 bits per heavy atom. The van der Waals surface area contributed by atoms with E-state index in [0.717, 1.165) is 32.7 Å². The highest BCUT2D eigenvalue weighted by molar-refractivity contribution is 5.89. The van der Waals surface area contributed by atoms with Crippen molar-refractivity contribution in [3.8, 4) is 0 Å². The van der Waals surface area contributed by atoms with Crippen molar-refractivity contribution < 1.29 is 14.1 Å². The molecule has 1 aromatic carbocycles. The van der Waals surface area contributed by atoms with Crippen LogP contribution in [-0.4, -0.2) is 59.2 Å². The van der Waals surface area contributed by atoms with Crippen LogP contribution in [0.15, 0.2) is 28.8 Å². The van der Waals surface area contributed by atoms with Crippen molar-refractivity contribution in [3.05, 3.63) is 47.1 Å². The Kier molecular flexibility index (Phi) is 5.22. The molecule has 7 heteroatoms. The monoisotopic (exact) mass is 330 g/mol. The van der Waals surface area contributed by atoms with E-state index >= 15 is 0 Å². The maximum Gasteiger partial charge on any atom is 0.337 e. The van der Waals surface area contributed by atoms with E-state index in [2.05, 4.69) is 19.9 Å². The third-order valence-corrected chi connectivity index (χ3v) is 4.17.